The second-order valence-electron chi connectivity index (χ2n) is 7.05. The van der Waals surface area contributed by atoms with Crippen LogP contribution in [-0.4, -0.2) is 29.5 Å². The van der Waals surface area contributed by atoms with Crippen molar-refractivity contribution in [1.29, 1.82) is 0 Å². The molecule has 0 aliphatic heterocycles. The highest BCUT2D eigenvalue weighted by atomic mass is 19.1. The maximum Gasteiger partial charge on any atom is 0.338 e. The van der Waals surface area contributed by atoms with E-state index in [1.165, 1.54) is 0 Å². The lowest BCUT2D eigenvalue weighted by atomic mass is 9.59. The van der Waals surface area contributed by atoms with Gasteiger partial charge < -0.3 is 9.84 Å². The molecule has 0 heterocycles. The van der Waals surface area contributed by atoms with E-state index in [0.29, 0.717) is 0 Å². The molecule has 0 aromatic rings. The first-order valence-corrected chi connectivity index (χ1v) is 6.55. The first kappa shape index (κ1) is 15.4. The van der Waals surface area contributed by atoms with Gasteiger partial charge in [-0.15, -0.1) is 0 Å². The molecule has 1 aliphatic carbocycles. The Bertz CT molecular complexity index is 307. The molecule has 0 spiro atoms. The fourth-order valence-corrected chi connectivity index (χ4v) is 3.70. The number of carbonyl (C=O) groups excluding carboxylic acids is 1. The van der Waals surface area contributed by atoms with E-state index in [9.17, 15) is 14.3 Å². The van der Waals surface area contributed by atoms with Gasteiger partial charge in [0.25, 0.3) is 0 Å². The standard InChI is InChI=1S/C14H25FO3/c1-6-18-11(17)10(16)14(15)8-12(2,3)7-13(4,5)9-14/h10,16H,6-9H2,1-5H3. The van der Waals surface area contributed by atoms with E-state index in [-0.39, 0.29) is 30.3 Å². The fraction of sp³-hybridized carbons (Fsp3) is 0.929. The van der Waals surface area contributed by atoms with Crippen LogP contribution in [0.25, 0.3) is 0 Å². The normalized spacial score (nSPS) is 26.4. The number of ether oxygens (including phenoxy) is 1. The third-order valence-corrected chi connectivity index (χ3v) is 3.50. The van der Waals surface area contributed by atoms with E-state index in [1.807, 2.05) is 27.7 Å². The summed E-state index contributed by atoms with van der Waals surface area (Å²) in [6.45, 7) is 9.68. The number of hydrogen-bond donors (Lipinski definition) is 1. The van der Waals surface area contributed by atoms with Gasteiger partial charge in [0.1, 0.15) is 5.67 Å². The summed E-state index contributed by atoms with van der Waals surface area (Å²) < 4.78 is 19.7. The molecule has 0 saturated heterocycles. The van der Waals surface area contributed by atoms with Crippen molar-refractivity contribution in [1.82, 2.24) is 0 Å². The molecule has 1 atom stereocenters. The van der Waals surface area contributed by atoms with Crippen molar-refractivity contribution in [3.05, 3.63) is 0 Å². The van der Waals surface area contributed by atoms with Crippen LogP contribution in [0.5, 0.6) is 0 Å². The first-order chi connectivity index (χ1) is 8.01. The van der Waals surface area contributed by atoms with Crippen LogP contribution in [-0.2, 0) is 9.53 Å². The SMILES string of the molecule is CCOC(=O)C(O)C1(F)CC(C)(C)CC(C)(C)C1. The number of aliphatic hydroxyl groups is 1. The fourth-order valence-electron chi connectivity index (χ4n) is 3.70. The Balaban J connectivity index is 2.93. The van der Waals surface area contributed by atoms with Crippen molar-refractivity contribution in [2.24, 2.45) is 10.8 Å². The van der Waals surface area contributed by atoms with Crippen LogP contribution >= 0.6 is 0 Å². The lowest BCUT2D eigenvalue weighted by molar-refractivity contribution is -0.171. The molecule has 3 nitrogen and oxygen atoms in total. The summed E-state index contributed by atoms with van der Waals surface area (Å²) in [7, 11) is 0. The van der Waals surface area contributed by atoms with Gasteiger partial charge in [-0.25, -0.2) is 9.18 Å². The molecule has 1 unspecified atom stereocenters. The summed E-state index contributed by atoms with van der Waals surface area (Å²) in [4.78, 5) is 11.6. The van der Waals surface area contributed by atoms with Gasteiger partial charge in [-0.1, -0.05) is 27.7 Å². The van der Waals surface area contributed by atoms with Gasteiger partial charge in [-0.05, 0) is 37.0 Å². The van der Waals surface area contributed by atoms with E-state index in [0.717, 1.165) is 6.42 Å². The number of hydrogen-bond acceptors (Lipinski definition) is 3. The summed E-state index contributed by atoms with van der Waals surface area (Å²) in [6.07, 6.45) is -0.440. The Morgan fingerprint density at radius 3 is 2.06 bits per heavy atom. The zero-order valence-corrected chi connectivity index (χ0v) is 12.0. The minimum atomic E-state index is -1.89. The zero-order valence-electron chi connectivity index (χ0n) is 12.0. The number of aliphatic hydroxyl groups excluding tert-OH is 1. The summed E-state index contributed by atoms with van der Waals surface area (Å²) in [6, 6.07) is 0. The van der Waals surface area contributed by atoms with E-state index < -0.39 is 17.7 Å². The van der Waals surface area contributed by atoms with Crippen LogP contribution in [0.15, 0.2) is 0 Å². The largest absolute Gasteiger partial charge is 0.464 e. The third-order valence-electron chi connectivity index (χ3n) is 3.50. The van der Waals surface area contributed by atoms with Crippen LogP contribution in [0, 0.1) is 10.8 Å². The maximum absolute atomic E-state index is 15.0. The van der Waals surface area contributed by atoms with E-state index in [1.54, 1.807) is 6.92 Å². The van der Waals surface area contributed by atoms with Crippen LogP contribution < -0.4 is 0 Å². The summed E-state index contributed by atoms with van der Waals surface area (Å²) in [5.74, 6) is -0.853. The molecule has 18 heavy (non-hydrogen) atoms. The second kappa shape index (κ2) is 4.80. The number of rotatable bonds is 3. The summed E-state index contributed by atoms with van der Waals surface area (Å²) in [5.41, 5.74) is -2.36. The topological polar surface area (TPSA) is 46.5 Å². The van der Waals surface area contributed by atoms with Gasteiger partial charge in [0, 0.05) is 0 Å². The average molecular weight is 260 g/mol. The van der Waals surface area contributed by atoms with Crippen molar-refractivity contribution in [3.8, 4) is 0 Å². The van der Waals surface area contributed by atoms with Crippen molar-refractivity contribution in [3.63, 3.8) is 0 Å². The third kappa shape index (κ3) is 3.44. The van der Waals surface area contributed by atoms with E-state index >= 15 is 0 Å². The molecule has 1 N–H and O–H groups in total. The minimum absolute atomic E-state index is 0.152. The van der Waals surface area contributed by atoms with Crippen molar-refractivity contribution < 1.29 is 19.0 Å². The smallest absolute Gasteiger partial charge is 0.338 e. The molecule has 1 aliphatic rings. The second-order valence-corrected chi connectivity index (χ2v) is 7.05. The Hall–Kier alpha value is -0.640. The van der Waals surface area contributed by atoms with Gasteiger partial charge in [0.15, 0.2) is 6.10 Å². The Morgan fingerprint density at radius 1 is 1.22 bits per heavy atom. The molecule has 1 fully saturated rings. The van der Waals surface area contributed by atoms with Crippen LogP contribution in [0.3, 0.4) is 0 Å². The number of esters is 1. The Morgan fingerprint density at radius 2 is 1.67 bits per heavy atom. The molecule has 0 amide bonds. The lowest BCUT2D eigenvalue weighted by Crippen LogP contribution is -2.53. The molecular formula is C14H25FO3. The highest BCUT2D eigenvalue weighted by molar-refractivity contribution is 5.76. The monoisotopic (exact) mass is 260 g/mol. The zero-order chi connectivity index (χ0) is 14.2. The van der Waals surface area contributed by atoms with Crippen molar-refractivity contribution in [2.75, 3.05) is 6.61 Å². The molecule has 106 valence electrons. The summed E-state index contributed by atoms with van der Waals surface area (Å²) >= 11 is 0. The number of alkyl halides is 1. The van der Waals surface area contributed by atoms with Gasteiger partial charge in [-0.3, -0.25) is 0 Å². The van der Waals surface area contributed by atoms with Crippen LogP contribution in [0.2, 0.25) is 0 Å². The van der Waals surface area contributed by atoms with Gasteiger partial charge in [-0.2, -0.15) is 0 Å². The lowest BCUT2D eigenvalue weighted by Gasteiger charge is -2.49. The predicted octanol–water partition coefficient (Wildman–Crippen LogP) is 2.86. The van der Waals surface area contributed by atoms with Gasteiger partial charge in [0.2, 0.25) is 0 Å². The van der Waals surface area contributed by atoms with Gasteiger partial charge in [0.05, 0.1) is 6.61 Å². The van der Waals surface area contributed by atoms with Crippen molar-refractivity contribution >= 4 is 5.97 Å². The van der Waals surface area contributed by atoms with Crippen LogP contribution in [0.4, 0.5) is 4.39 Å². The highest BCUT2D eigenvalue weighted by Crippen LogP contribution is 2.52. The molecule has 0 bridgehead atoms. The molecule has 1 saturated carbocycles. The quantitative estimate of drug-likeness (QED) is 0.794. The average Bonchev–Trinajstić information content (AvgIpc) is 2.10. The Labute approximate surface area is 109 Å². The maximum atomic E-state index is 15.0. The number of halogens is 1. The molecule has 0 aromatic carbocycles. The molecule has 1 rings (SSSR count). The summed E-state index contributed by atoms with van der Waals surface area (Å²) in [5, 5.41) is 9.95. The van der Waals surface area contributed by atoms with E-state index in [4.69, 9.17) is 4.74 Å². The van der Waals surface area contributed by atoms with Gasteiger partial charge >= 0.3 is 5.97 Å². The molecule has 0 aromatic heterocycles. The molecular weight excluding hydrogens is 235 g/mol. The molecule has 4 heteroatoms. The Kier molecular flexibility index (Phi) is 4.11. The minimum Gasteiger partial charge on any atom is -0.464 e. The first-order valence-electron chi connectivity index (χ1n) is 6.55. The van der Waals surface area contributed by atoms with E-state index in [2.05, 4.69) is 0 Å². The van der Waals surface area contributed by atoms with Crippen molar-refractivity contribution in [2.45, 2.75) is 65.7 Å². The predicted molar refractivity (Wildman–Crippen MR) is 67.9 cm³/mol. The number of carbonyl (C=O) groups is 1. The van der Waals surface area contributed by atoms with Crippen LogP contribution in [0.1, 0.15) is 53.9 Å². The highest BCUT2D eigenvalue weighted by Gasteiger charge is 2.54. The molecule has 0 radical (unpaired) electrons.